The maximum atomic E-state index is 12.7. The molecule has 1 aliphatic rings. The van der Waals surface area contributed by atoms with Gasteiger partial charge in [-0.05, 0) is 55.5 Å². The SMILES string of the molecule is Cc1ccc(-c2ccc(N3CCN(C(=O)Nc4ccc(Oc5ccccc5)cc4)CC3)nn2)cc1. The molecule has 0 bridgehead atoms. The minimum atomic E-state index is -0.109. The van der Waals surface area contributed by atoms with Gasteiger partial charge in [0.25, 0.3) is 0 Å². The average molecular weight is 466 g/mol. The molecular formula is C28H27N5O2. The number of amides is 2. The lowest BCUT2D eigenvalue weighted by Gasteiger charge is -2.35. The van der Waals surface area contributed by atoms with Gasteiger partial charge in [0.2, 0.25) is 0 Å². The van der Waals surface area contributed by atoms with Gasteiger partial charge in [0, 0.05) is 37.4 Å². The number of carbonyl (C=O) groups excluding carboxylic acids is 1. The number of ether oxygens (including phenoxy) is 1. The zero-order valence-electron chi connectivity index (χ0n) is 19.6. The predicted molar refractivity (Wildman–Crippen MR) is 138 cm³/mol. The summed E-state index contributed by atoms with van der Waals surface area (Å²) in [7, 11) is 0. The van der Waals surface area contributed by atoms with E-state index in [1.54, 1.807) is 0 Å². The second-order valence-corrected chi connectivity index (χ2v) is 8.49. The number of nitrogens with one attached hydrogen (secondary N) is 1. The number of nitrogens with zero attached hydrogens (tertiary/aromatic N) is 4. The smallest absolute Gasteiger partial charge is 0.321 e. The monoisotopic (exact) mass is 465 g/mol. The number of piperazine rings is 1. The van der Waals surface area contributed by atoms with Gasteiger partial charge in [0.1, 0.15) is 11.5 Å². The molecule has 0 radical (unpaired) electrons. The van der Waals surface area contributed by atoms with Crippen LogP contribution in [0.25, 0.3) is 11.3 Å². The van der Waals surface area contributed by atoms with Crippen LogP contribution in [0.15, 0.2) is 91.0 Å². The largest absolute Gasteiger partial charge is 0.457 e. The molecule has 0 spiro atoms. The Kier molecular flexibility index (Phi) is 6.57. The second-order valence-electron chi connectivity index (χ2n) is 8.49. The van der Waals surface area contributed by atoms with Crippen molar-refractivity contribution >= 4 is 17.5 Å². The van der Waals surface area contributed by atoms with Crippen LogP contribution in [0.5, 0.6) is 11.5 Å². The molecule has 1 aromatic heterocycles. The number of hydrogen-bond donors (Lipinski definition) is 1. The number of rotatable bonds is 5. The quantitative estimate of drug-likeness (QED) is 0.416. The van der Waals surface area contributed by atoms with E-state index in [1.165, 1.54) is 5.56 Å². The summed E-state index contributed by atoms with van der Waals surface area (Å²) in [5.41, 5.74) is 3.85. The summed E-state index contributed by atoms with van der Waals surface area (Å²) in [5.74, 6) is 2.32. The van der Waals surface area contributed by atoms with Crippen LogP contribution in [-0.2, 0) is 0 Å². The normalized spacial score (nSPS) is 13.4. The Morgan fingerprint density at radius 3 is 2.11 bits per heavy atom. The molecule has 4 aromatic rings. The molecule has 1 N–H and O–H groups in total. The van der Waals surface area contributed by atoms with E-state index in [0.717, 1.165) is 34.3 Å². The Hall–Kier alpha value is -4.39. The van der Waals surface area contributed by atoms with E-state index < -0.39 is 0 Å². The van der Waals surface area contributed by atoms with Gasteiger partial charge in [0.15, 0.2) is 5.82 Å². The lowest BCUT2D eigenvalue weighted by Crippen LogP contribution is -2.50. The van der Waals surface area contributed by atoms with Crippen LogP contribution in [0.4, 0.5) is 16.3 Å². The van der Waals surface area contributed by atoms with Crippen molar-refractivity contribution in [3.63, 3.8) is 0 Å². The number of anilines is 2. The molecule has 0 aliphatic carbocycles. The van der Waals surface area contributed by atoms with Crippen LogP contribution in [0.1, 0.15) is 5.56 Å². The first-order valence-electron chi connectivity index (χ1n) is 11.7. The third-order valence-electron chi connectivity index (χ3n) is 5.97. The van der Waals surface area contributed by atoms with E-state index in [0.29, 0.717) is 26.2 Å². The number of aromatic nitrogens is 2. The minimum Gasteiger partial charge on any atom is -0.457 e. The highest BCUT2D eigenvalue weighted by molar-refractivity contribution is 5.89. The third kappa shape index (κ3) is 5.58. The fourth-order valence-electron chi connectivity index (χ4n) is 3.94. The van der Waals surface area contributed by atoms with Crippen LogP contribution in [0.3, 0.4) is 0 Å². The van der Waals surface area contributed by atoms with Crippen molar-refractivity contribution < 1.29 is 9.53 Å². The molecular weight excluding hydrogens is 438 g/mol. The summed E-state index contributed by atoms with van der Waals surface area (Å²) in [6.07, 6.45) is 0. The lowest BCUT2D eigenvalue weighted by molar-refractivity contribution is 0.208. The summed E-state index contributed by atoms with van der Waals surface area (Å²) in [5, 5.41) is 11.8. The van der Waals surface area contributed by atoms with Gasteiger partial charge < -0.3 is 19.9 Å². The van der Waals surface area contributed by atoms with E-state index in [1.807, 2.05) is 71.6 Å². The van der Waals surface area contributed by atoms with Crippen molar-refractivity contribution in [2.75, 3.05) is 36.4 Å². The van der Waals surface area contributed by atoms with Gasteiger partial charge in [-0.3, -0.25) is 0 Å². The lowest BCUT2D eigenvalue weighted by atomic mass is 10.1. The first-order chi connectivity index (χ1) is 17.1. The molecule has 2 amide bonds. The summed E-state index contributed by atoms with van der Waals surface area (Å²) in [6, 6.07) is 29.1. The number of aryl methyl sites for hydroxylation is 1. The van der Waals surface area contributed by atoms with E-state index in [2.05, 4.69) is 51.6 Å². The Labute approximate surface area is 205 Å². The summed E-state index contributed by atoms with van der Waals surface area (Å²) in [4.78, 5) is 16.7. The Morgan fingerprint density at radius 1 is 0.771 bits per heavy atom. The average Bonchev–Trinajstić information content (AvgIpc) is 2.91. The number of urea groups is 1. The van der Waals surface area contributed by atoms with E-state index in [4.69, 9.17) is 4.74 Å². The van der Waals surface area contributed by atoms with Crippen LogP contribution >= 0.6 is 0 Å². The minimum absolute atomic E-state index is 0.109. The van der Waals surface area contributed by atoms with Crippen molar-refractivity contribution in [1.82, 2.24) is 15.1 Å². The predicted octanol–water partition coefficient (Wildman–Crippen LogP) is 5.60. The molecule has 0 unspecified atom stereocenters. The fraction of sp³-hybridized carbons (Fsp3) is 0.179. The number of hydrogen-bond acceptors (Lipinski definition) is 5. The van der Waals surface area contributed by atoms with Crippen LogP contribution in [0.2, 0.25) is 0 Å². The number of para-hydroxylation sites is 1. The molecule has 35 heavy (non-hydrogen) atoms. The zero-order chi connectivity index (χ0) is 24.0. The van der Waals surface area contributed by atoms with E-state index in [9.17, 15) is 4.79 Å². The molecule has 1 saturated heterocycles. The summed E-state index contributed by atoms with van der Waals surface area (Å²) < 4.78 is 5.81. The number of benzene rings is 3. The second kappa shape index (κ2) is 10.3. The molecule has 7 nitrogen and oxygen atoms in total. The first-order valence-corrected chi connectivity index (χ1v) is 11.7. The molecule has 0 saturated carbocycles. The van der Waals surface area contributed by atoms with Crippen molar-refractivity contribution in [2.24, 2.45) is 0 Å². The highest BCUT2D eigenvalue weighted by Gasteiger charge is 2.22. The highest BCUT2D eigenvalue weighted by atomic mass is 16.5. The summed E-state index contributed by atoms with van der Waals surface area (Å²) in [6.45, 7) is 4.70. The molecule has 0 atom stereocenters. The van der Waals surface area contributed by atoms with Gasteiger partial charge in [0.05, 0.1) is 5.69 Å². The summed E-state index contributed by atoms with van der Waals surface area (Å²) >= 11 is 0. The zero-order valence-corrected chi connectivity index (χ0v) is 19.6. The molecule has 1 aliphatic heterocycles. The van der Waals surface area contributed by atoms with E-state index in [-0.39, 0.29) is 6.03 Å². The highest BCUT2D eigenvalue weighted by Crippen LogP contribution is 2.23. The Morgan fingerprint density at radius 2 is 1.46 bits per heavy atom. The maximum absolute atomic E-state index is 12.7. The molecule has 3 aromatic carbocycles. The Balaban J connectivity index is 1.12. The molecule has 1 fully saturated rings. The van der Waals surface area contributed by atoms with Crippen molar-refractivity contribution in [2.45, 2.75) is 6.92 Å². The van der Waals surface area contributed by atoms with Crippen molar-refractivity contribution in [3.05, 3.63) is 96.6 Å². The van der Waals surface area contributed by atoms with Gasteiger partial charge >= 0.3 is 6.03 Å². The van der Waals surface area contributed by atoms with Crippen molar-refractivity contribution in [1.29, 1.82) is 0 Å². The Bertz CT molecular complexity index is 1250. The van der Waals surface area contributed by atoms with Gasteiger partial charge in [-0.2, -0.15) is 0 Å². The van der Waals surface area contributed by atoms with Crippen LogP contribution in [0, 0.1) is 6.92 Å². The van der Waals surface area contributed by atoms with E-state index >= 15 is 0 Å². The van der Waals surface area contributed by atoms with Crippen molar-refractivity contribution in [3.8, 4) is 22.8 Å². The molecule has 7 heteroatoms. The number of carbonyl (C=O) groups is 1. The van der Waals surface area contributed by atoms with Crippen LogP contribution < -0.4 is 15.0 Å². The third-order valence-corrected chi connectivity index (χ3v) is 5.97. The molecule has 176 valence electrons. The first kappa shape index (κ1) is 22.4. The molecule has 5 rings (SSSR count). The van der Waals surface area contributed by atoms with Gasteiger partial charge in [-0.1, -0.05) is 48.0 Å². The molecule has 2 heterocycles. The fourth-order valence-corrected chi connectivity index (χ4v) is 3.94. The maximum Gasteiger partial charge on any atom is 0.321 e. The van der Waals surface area contributed by atoms with Crippen LogP contribution in [-0.4, -0.2) is 47.3 Å². The van der Waals surface area contributed by atoms with Gasteiger partial charge in [-0.25, -0.2) is 4.79 Å². The topological polar surface area (TPSA) is 70.6 Å². The standard InChI is InChI=1S/C28H27N5O2/c1-21-7-9-22(10-8-21)26-15-16-27(31-30-26)32-17-19-33(20-18-32)28(34)29-23-11-13-25(14-12-23)35-24-5-3-2-4-6-24/h2-16H,17-20H2,1H3,(H,29,34). The van der Waals surface area contributed by atoms with Gasteiger partial charge in [-0.15, -0.1) is 10.2 Å².